The Morgan fingerprint density at radius 2 is 1.08 bits per heavy atom. The van der Waals surface area contributed by atoms with Crippen molar-refractivity contribution in [2.24, 2.45) is 17.8 Å². The number of hydrogen-bond acceptors (Lipinski definition) is 8. The second kappa shape index (κ2) is 19.4. The molecule has 5 atom stereocenters. The van der Waals surface area contributed by atoms with Gasteiger partial charge in [-0.2, -0.15) is 35.0 Å². The zero-order chi connectivity index (χ0) is 45.9. The normalized spacial score (nSPS) is 19.3. The zero-order valence-electron chi connectivity index (χ0n) is 34.9. The van der Waals surface area contributed by atoms with Gasteiger partial charge in [-0.1, -0.05) is 51.5 Å². The molecular weight excluding hydrogens is 881 g/mol. The van der Waals surface area contributed by atoms with Crippen molar-refractivity contribution in [3.63, 3.8) is 0 Å². The summed E-state index contributed by atoms with van der Waals surface area (Å²) < 4.78 is 170. The second-order valence-corrected chi connectivity index (χ2v) is 19.8. The van der Waals surface area contributed by atoms with Gasteiger partial charge in [-0.05, 0) is 91.0 Å². The Morgan fingerprint density at radius 3 is 1.49 bits per heavy atom. The van der Waals surface area contributed by atoms with Crippen molar-refractivity contribution in [1.29, 1.82) is 0 Å². The van der Waals surface area contributed by atoms with Crippen LogP contribution in [0.4, 0.5) is 46.5 Å². The summed E-state index contributed by atoms with van der Waals surface area (Å²) in [5.74, 6) is -0.753. The summed E-state index contributed by atoms with van der Waals surface area (Å²) >= 11 is 0. The largest absolute Gasteiger partial charge is 0.409 e. The number of sulfonamides is 2. The predicted octanol–water partition coefficient (Wildman–Crippen LogP) is 9.54. The fourth-order valence-corrected chi connectivity index (χ4v) is 12.1. The summed E-state index contributed by atoms with van der Waals surface area (Å²) in [5.41, 5.74) is 0.0885. The Labute approximate surface area is 363 Å². The summed E-state index contributed by atoms with van der Waals surface area (Å²) in [5, 5.41) is 0. The highest BCUT2D eigenvalue weighted by atomic mass is 32.2. The van der Waals surface area contributed by atoms with Gasteiger partial charge in [0.25, 0.3) is 0 Å². The molecule has 2 fully saturated rings. The highest BCUT2D eigenvalue weighted by Crippen LogP contribution is 2.43. The Hall–Kier alpha value is -4.40. The monoisotopic (exact) mass is 930 g/mol. The molecule has 2 aromatic carbocycles. The van der Waals surface area contributed by atoms with E-state index in [-0.39, 0.29) is 11.8 Å². The van der Waals surface area contributed by atoms with Crippen LogP contribution in [0.15, 0.2) is 95.2 Å². The molecule has 4 heterocycles. The molecule has 3 unspecified atom stereocenters. The van der Waals surface area contributed by atoms with E-state index in [9.17, 15) is 52.0 Å². The minimum absolute atomic E-state index is 0.232. The number of rotatable bonds is 17. The number of halogens is 8. The second-order valence-electron chi connectivity index (χ2n) is 16.0. The SMILES string of the molecule is CCC(CCC1CCN(c2cncc(S(=O)(=O)N(CC)[C@@H](c3ccc(F)cc3)C(F)(F)F)c2)C1)C1CCN(c2cncc(S(=O)(=O)N(CC)[C@H](c3ccc(F)cc3)C(F)(F)F)c2)C1. The number of nitrogens with zero attached hydrogens (tertiary/aromatic N) is 6. The van der Waals surface area contributed by atoms with E-state index in [1.54, 1.807) is 0 Å². The van der Waals surface area contributed by atoms with Gasteiger partial charge >= 0.3 is 12.4 Å². The van der Waals surface area contributed by atoms with Gasteiger partial charge in [-0.25, -0.2) is 25.6 Å². The lowest BCUT2D eigenvalue weighted by molar-refractivity contribution is -0.174. The zero-order valence-corrected chi connectivity index (χ0v) is 36.5. The van der Waals surface area contributed by atoms with E-state index in [4.69, 9.17) is 0 Å². The van der Waals surface area contributed by atoms with Gasteiger partial charge in [0, 0.05) is 51.7 Å². The molecule has 0 aliphatic carbocycles. The summed E-state index contributed by atoms with van der Waals surface area (Å²) in [7, 11) is -9.43. The third-order valence-electron chi connectivity index (χ3n) is 12.2. The van der Waals surface area contributed by atoms with Crippen molar-refractivity contribution in [3.8, 4) is 0 Å². The molecule has 344 valence electrons. The first-order valence-electron chi connectivity index (χ1n) is 20.8. The third-order valence-corrected chi connectivity index (χ3v) is 16.0. The maximum Gasteiger partial charge on any atom is 0.409 e. The summed E-state index contributed by atoms with van der Waals surface area (Å²) in [6.07, 6.45) is -0.798. The van der Waals surface area contributed by atoms with E-state index in [1.165, 1.54) is 38.4 Å². The van der Waals surface area contributed by atoms with Crippen LogP contribution in [0.1, 0.15) is 76.1 Å². The minimum Gasteiger partial charge on any atom is -0.370 e. The lowest BCUT2D eigenvalue weighted by Gasteiger charge is -2.32. The molecule has 0 amide bonds. The molecule has 2 aromatic heterocycles. The Morgan fingerprint density at radius 1 is 0.651 bits per heavy atom. The molecule has 0 N–H and O–H groups in total. The van der Waals surface area contributed by atoms with Crippen LogP contribution in [-0.2, 0) is 20.0 Å². The summed E-state index contributed by atoms with van der Waals surface area (Å²) in [6.45, 7) is 6.00. The lowest BCUT2D eigenvalue weighted by Crippen LogP contribution is -2.42. The van der Waals surface area contributed by atoms with Gasteiger partial charge in [0.05, 0.1) is 23.8 Å². The first-order chi connectivity index (χ1) is 29.7. The Kier molecular flexibility index (Phi) is 14.8. The third kappa shape index (κ3) is 10.8. The fraction of sp³-hybridized carbons (Fsp3) is 0.488. The van der Waals surface area contributed by atoms with Gasteiger partial charge < -0.3 is 9.80 Å². The van der Waals surface area contributed by atoms with E-state index < -0.39 is 90.1 Å². The molecule has 6 rings (SSSR count). The molecule has 4 aromatic rings. The molecule has 10 nitrogen and oxygen atoms in total. The number of pyridine rings is 2. The van der Waals surface area contributed by atoms with Gasteiger partial charge in [0.1, 0.15) is 33.5 Å². The highest BCUT2D eigenvalue weighted by Gasteiger charge is 2.50. The molecule has 20 heteroatoms. The van der Waals surface area contributed by atoms with E-state index in [1.807, 2.05) is 9.80 Å². The minimum atomic E-state index is -5.00. The molecule has 0 saturated carbocycles. The number of anilines is 2. The average molecular weight is 931 g/mol. The van der Waals surface area contributed by atoms with Crippen LogP contribution in [-0.4, -0.2) is 87.0 Å². The molecule has 63 heavy (non-hydrogen) atoms. The Balaban J connectivity index is 1.09. The highest BCUT2D eigenvalue weighted by molar-refractivity contribution is 7.89. The van der Waals surface area contributed by atoms with Crippen molar-refractivity contribution >= 4 is 31.4 Å². The molecule has 2 aliphatic rings. The molecular formula is C43H50F8N6O4S2. The molecule has 0 radical (unpaired) electrons. The van der Waals surface area contributed by atoms with Gasteiger partial charge in [0.15, 0.2) is 0 Å². The Bertz CT molecular complexity index is 2390. The van der Waals surface area contributed by atoms with Gasteiger partial charge in [-0.15, -0.1) is 0 Å². The van der Waals surface area contributed by atoms with Crippen LogP contribution in [0, 0.1) is 29.4 Å². The van der Waals surface area contributed by atoms with Crippen molar-refractivity contribution < 1.29 is 52.0 Å². The maximum absolute atomic E-state index is 14.4. The van der Waals surface area contributed by atoms with Crippen molar-refractivity contribution in [2.45, 2.75) is 87.1 Å². The molecule has 0 spiro atoms. The topological polar surface area (TPSA) is 107 Å². The summed E-state index contributed by atoms with van der Waals surface area (Å²) in [6, 6.07) is 4.68. The van der Waals surface area contributed by atoms with Crippen LogP contribution in [0.3, 0.4) is 0 Å². The number of aromatic nitrogens is 2. The molecule has 2 aliphatic heterocycles. The van der Waals surface area contributed by atoms with Crippen molar-refractivity contribution in [1.82, 2.24) is 18.6 Å². The van der Waals surface area contributed by atoms with E-state index in [0.717, 1.165) is 93.0 Å². The van der Waals surface area contributed by atoms with Crippen molar-refractivity contribution in [2.75, 3.05) is 49.1 Å². The standard InChI is InChI=1S/C43H50F8N6O4S2/c1-4-30(33-18-20-55(28-33)37-22-39(26-53-24-37)63(60,61)57(6-3)41(43(49,50)51)32-11-15-35(45)16-12-32)8-7-29-17-19-54(27-29)36-21-38(25-52-23-36)62(58,59)56(5-2)40(42(46,47)48)31-9-13-34(44)14-10-31/h9-16,21-26,29-30,33,40-41H,4-8,17-20,27-28H2,1-3H3/t29?,30?,33?,40-,41+/m0/s1. The van der Waals surface area contributed by atoms with Crippen LogP contribution in [0.5, 0.6) is 0 Å². The summed E-state index contributed by atoms with van der Waals surface area (Å²) in [4.78, 5) is 11.4. The lowest BCUT2D eigenvalue weighted by atomic mass is 9.83. The first kappa shape index (κ1) is 48.1. The fourth-order valence-electron chi connectivity index (χ4n) is 8.96. The number of hydrogen-bond donors (Lipinski definition) is 0. The number of benzene rings is 2. The van der Waals surface area contributed by atoms with E-state index in [2.05, 4.69) is 16.9 Å². The predicted molar refractivity (Wildman–Crippen MR) is 222 cm³/mol. The molecule has 0 bridgehead atoms. The smallest absolute Gasteiger partial charge is 0.370 e. The maximum atomic E-state index is 14.4. The van der Waals surface area contributed by atoms with E-state index in [0.29, 0.717) is 52.1 Å². The van der Waals surface area contributed by atoms with Gasteiger partial charge in [-0.3, -0.25) is 9.97 Å². The van der Waals surface area contributed by atoms with Crippen LogP contribution in [0.25, 0.3) is 0 Å². The first-order valence-corrected chi connectivity index (χ1v) is 23.6. The quantitative estimate of drug-likeness (QED) is 0.0965. The number of alkyl halides is 6. The van der Waals surface area contributed by atoms with Crippen molar-refractivity contribution in [3.05, 3.63) is 108 Å². The molecule has 2 saturated heterocycles. The van der Waals surface area contributed by atoms with Crippen LogP contribution >= 0.6 is 0 Å². The average Bonchev–Trinajstić information content (AvgIpc) is 3.93. The van der Waals surface area contributed by atoms with Crippen LogP contribution in [0.2, 0.25) is 0 Å². The van der Waals surface area contributed by atoms with Crippen LogP contribution < -0.4 is 9.80 Å². The van der Waals surface area contributed by atoms with E-state index >= 15 is 0 Å². The van der Waals surface area contributed by atoms with Gasteiger partial charge in [0.2, 0.25) is 20.0 Å².